The SMILES string of the molecule is CC(C)(C)[C@H]1CCCN(C(=O)c2cnn(-c3cccnc3)c2)C1. The average molecular weight is 312 g/mol. The van der Waals surface area contributed by atoms with Gasteiger partial charge in [-0.05, 0) is 36.3 Å². The number of pyridine rings is 1. The Morgan fingerprint density at radius 3 is 2.83 bits per heavy atom. The van der Waals surface area contributed by atoms with E-state index < -0.39 is 0 Å². The lowest BCUT2D eigenvalue weighted by Gasteiger charge is -2.39. The van der Waals surface area contributed by atoms with Gasteiger partial charge in [-0.2, -0.15) is 5.10 Å². The highest BCUT2D eigenvalue weighted by molar-refractivity contribution is 5.93. The van der Waals surface area contributed by atoms with E-state index in [0.29, 0.717) is 11.5 Å². The predicted octanol–water partition coefficient (Wildman–Crippen LogP) is 3.17. The number of aromatic nitrogens is 3. The van der Waals surface area contributed by atoms with Gasteiger partial charge in [0.25, 0.3) is 5.91 Å². The van der Waals surface area contributed by atoms with Crippen molar-refractivity contribution >= 4 is 5.91 Å². The largest absolute Gasteiger partial charge is 0.338 e. The van der Waals surface area contributed by atoms with E-state index in [1.54, 1.807) is 29.5 Å². The number of hydrogen-bond donors (Lipinski definition) is 0. The molecule has 3 heterocycles. The molecule has 1 aliphatic rings. The Morgan fingerprint density at radius 2 is 2.13 bits per heavy atom. The van der Waals surface area contributed by atoms with E-state index in [4.69, 9.17) is 0 Å². The van der Waals surface area contributed by atoms with E-state index in [0.717, 1.165) is 25.2 Å². The zero-order chi connectivity index (χ0) is 16.4. The second-order valence-corrected chi connectivity index (χ2v) is 7.34. The van der Waals surface area contributed by atoms with Crippen LogP contribution in [-0.2, 0) is 0 Å². The maximum Gasteiger partial charge on any atom is 0.257 e. The van der Waals surface area contributed by atoms with Gasteiger partial charge in [-0.15, -0.1) is 0 Å². The number of likely N-dealkylation sites (tertiary alicyclic amines) is 1. The van der Waals surface area contributed by atoms with Gasteiger partial charge in [-0.25, -0.2) is 4.68 Å². The van der Waals surface area contributed by atoms with E-state index in [1.165, 1.54) is 6.42 Å². The Labute approximate surface area is 137 Å². The summed E-state index contributed by atoms with van der Waals surface area (Å²) in [6.45, 7) is 8.44. The fraction of sp³-hybridized carbons (Fsp3) is 0.500. The van der Waals surface area contributed by atoms with Crippen LogP contribution in [0.4, 0.5) is 0 Å². The molecular formula is C18H24N4O. The smallest absolute Gasteiger partial charge is 0.257 e. The summed E-state index contributed by atoms with van der Waals surface area (Å²) >= 11 is 0. The summed E-state index contributed by atoms with van der Waals surface area (Å²) < 4.78 is 1.70. The number of rotatable bonds is 2. The van der Waals surface area contributed by atoms with Crippen molar-refractivity contribution in [2.45, 2.75) is 33.6 Å². The molecule has 0 spiro atoms. The van der Waals surface area contributed by atoms with E-state index in [9.17, 15) is 4.79 Å². The van der Waals surface area contributed by atoms with Crippen LogP contribution in [-0.4, -0.2) is 38.7 Å². The van der Waals surface area contributed by atoms with Crippen LogP contribution >= 0.6 is 0 Å². The third-order valence-corrected chi connectivity index (χ3v) is 4.67. The highest BCUT2D eigenvalue weighted by atomic mass is 16.2. The molecule has 1 amide bonds. The quantitative estimate of drug-likeness (QED) is 0.856. The number of nitrogens with zero attached hydrogens (tertiary/aromatic N) is 4. The van der Waals surface area contributed by atoms with Crippen molar-refractivity contribution in [1.29, 1.82) is 0 Å². The highest BCUT2D eigenvalue weighted by Crippen LogP contribution is 2.33. The minimum absolute atomic E-state index is 0.0779. The predicted molar refractivity (Wildman–Crippen MR) is 89.4 cm³/mol. The summed E-state index contributed by atoms with van der Waals surface area (Å²) in [5.74, 6) is 0.627. The van der Waals surface area contributed by atoms with E-state index in [2.05, 4.69) is 30.9 Å². The molecule has 1 saturated heterocycles. The Morgan fingerprint density at radius 1 is 1.30 bits per heavy atom. The van der Waals surface area contributed by atoms with Crippen LogP contribution in [0.5, 0.6) is 0 Å². The third kappa shape index (κ3) is 3.44. The van der Waals surface area contributed by atoms with Gasteiger partial charge in [-0.1, -0.05) is 20.8 Å². The molecule has 1 atom stereocenters. The summed E-state index contributed by atoms with van der Waals surface area (Å²) in [4.78, 5) is 18.8. The molecule has 0 saturated carbocycles. The molecule has 5 heteroatoms. The van der Waals surface area contributed by atoms with Crippen molar-refractivity contribution in [3.8, 4) is 5.69 Å². The molecule has 0 aromatic carbocycles. The van der Waals surface area contributed by atoms with Crippen LogP contribution < -0.4 is 0 Å². The Kier molecular flexibility index (Phi) is 4.20. The Bertz CT molecular complexity index is 672. The van der Waals surface area contributed by atoms with Gasteiger partial charge in [0.05, 0.1) is 23.6 Å². The second-order valence-electron chi connectivity index (χ2n) is 7.34. The number of piperidine rings is 1. The Balaban J connectivity index is 1.75. The molecule has 1 fully saturated rings. The van der Waals surface area contributed by atoms with Crippen molar-refractivity contribution in [2.24, 2.45) is 11.3 Å². The van der Waals surface area contributed by atoms with Gasteiger partial charge >= 0.3 is 0 Å². The molecule has 2 aromatic rings. The fourth-order valence-electron chi connectivity index (χ4n) is 3.11. The maximum absolute atomic E-state index is 12.8. The normalized spacial score (nSPS) is 18.9. The van der Waals surface area contributed by atoms with Crippen molar-refractivity contribution in [1.82, 2.24) is 19.7 Å². The molecule has 23 heavy (non-hydrogen) atoms. The zero-order valence-electron chi connectivity index (χ0n) is 14.1. The molecule has 2 aromatic heterocycles. The number of carbonyl (C=O) groups is 1. The highest BCUT2D eigenvalue weighted by Gasteiger charge is 2.32. The van der Waals surface area contributed by atoms with Gasteiger partial charge in [0, 0.05) is 25.5 Å². The first-order chi connectivity index (χ1) is 10.9. The molecule has 5 nitrogen and oxygen atoms in total. The van der Waals surface area contributed by atoms with E-state index >= 15 is 0 Å². The number of amides is 1. The molecule has 1 aliphatic heterocycles. The first-order valence-corrected chi connectivity index (χ1v) is 8.19. The lowest BCUT2D eigenvalue weighted by atomic mass is 9.76. The molecule has 0 N–H and O–H groups in total. The molecular weight excluding hydrogens is 288 g/mol. The molecule has 0 aliphatic carbocycles. The van der Waals surface area contributed by atoms with Crippen LogP contribution in [0, 0.1) is 11.3 Å². The minimum atomic E-state index is 0.0779. The van der Waals surface area contributed by atoms with Crippen LogP contribution in [0.15, 0.2) is 36.9 Å². The number of carbonyl (C=O) groups excluding carboxylic acids is 1. The fourth-order valence-corrected chi connectivity index (χ4v) is 3.11. The molecule has 122 valence electrons. The monoisotopic (exact) mass is 312 g/mol. The van der Waals surface area contributed by atoms with Gasteiger partial charge in [0.15, 0.2) is 0 Å². The van der Waals surface area contributed by atoms with Crippen LogP contribution in [0.25, 0.3) is 5.69 Å². The standard InChI is InChI=1S/C18H24N4O/c1-18(2,3)15-6-5-9-21(13-15)17(23)14-10-20-22(12-14)16-7-4-8-19-11-16/h4,7-8,10-12,15H,5-6,9,13H2,1-3H3/t15-/m0/s1. The van der Waals surface area contributed by atoms with Gasteiger partial charge < -0.3 is 4.90 Å². The van der Waals surface area contributed by atoms with E-state index in [-0.39, 0.29) is 11.3 Å². The van der Waals surface area contributed by atoms with Crippen LogP contribution in [0.3, 0.4) is 0 Å². The van der Waals surface area contributed by atoms with E-state index in [1.807, 2.05) is 17.0 Å². The van der Waals surface area contributed by atoms with Crippen LogP contribution in [0.1, 0.15) is 44.0 Å². The third-order valence-electron chi connectivity index (χ3n) is 4.67. The molecule has 0 unspecified atom stereocenters. The zero-order valence-corrected chi connectivity index (χ0v) is 14.1. The molecule has 3 rings (SSSR count). The summed E-state index contributed by atoms with van der Waals surface area (Å²) in [6, 6.07) is 3.78. The summed E-state index contributed by atoms with van der Waals surface area (Å²) in [6.07, 6.45) is 9.17. The first kappa shape index (κ1) is 15.7. The minimum Gasteiger partial charge on any atom is -0.338 e. The molecule has 0 bridgehead atoms. The van der Waals surface area contributed by atoms with Crippen molar-refractivity contribution in [3.05, 3.63) is 42.5 Å². The van der Waals surface area contributed by atoms with Crippen molar-refractivity contribution in [3.63, 3.8) is 0 Å². The van der Waals surface area contributed by atoms with Gasteiger partial charge in [-0.3, -0.25) is 9.78 Å². The maximum atomic E-state index is 12.8. The first-order valence-electron chi connectivity index (χ1n) is 8.19. The molecule has 0 radical (unpaired) electrons. The second kappa shape index (κ2) is 6.14. The summed E-state index contributed by atoms with van der Waals surface area (Å²) in [7, 11) is 0. The Hall–Kier alpha value is -2.17. The van der Waals surface area contributed by atoms with Crippen molar-refractivity contribution in [2.75, 3.05) is 13.1 Å². The lowest BCUT2D eigenvalue weighted by Crippen LogP contribution is -2.43. The van der Waals surface area contributed by atoms with Crippen LogP contribution in [0.2, 0.25) is 0 Å². The summed E-state index contributed by atoms with van der Waals surface area (Å²) in [5.41, 5.74) is 1.74. The summed E-state index contributed by atoms with van der Waals surface area (Å²) in [5, 5.41) is 4.30. The van der Waals surface area contributed by atoms with Gasteiger partial charge in [0.2, 0.25) is 0 Å². The average Bonchev–Trinajstić information content (AvgIpc) is 3.04. The lowest BCUT2D eigenvalue weighted by molar-refractivity contribution is 0.0563. The van der Waals surface area contributed by atoms with Gasteiger partial charge in [0.1, 0.15) is 0 Å². The number of hydrogen-bond acceptors (Lipinski definition) is 3. The van der Waals surface area contributed by atoms with Crippen molar-refractivity contribution < 1.29 is 4.79 Å². The topological polar surface area (TPSA) is 51.0 Å².